The third-order valence-corrected chi connectivity index (χ3v) is 8.01. The van der Waals surface area contributed by atoms with Crippen molar-refractivity contribution < 1.29 is 22.0 Å². The van der Waals surface area contributed by atoms with Crippen molar-refractivity contribution in [1.29, 1.82) is 0 Å². The molecular weight excluding hydrogens is 421 g/mol. The average molecular weight is 450 g/mol. The van der Waals surface area contributed by atoms with E-state index >= 15 is 0 Å². The van der Waals surface area contributed by atoms with Gasteiger partial charge in [-0.1, -0.05) is 0 Å². The Morgan fingerprint density at radius 1 is 1.13 bits per heavy atom. The molecule has 2 aliphatic rings. The first kappa shape index (κ1) is 22.0. The third kappa shape index (κ3) is 4.99. The molecule has 2 aromatic rings. The topological polar surface area (TPSA) is 82.9 Å². The average Bonchev–Trinajstić information content (AvgIpc) is 3.49. The van der Waals surface area contributed by atoms with Gasteiger partial charge in [0, 0.05) is 19.6 Å². The van der Waals surface area contributed by atoms with Crippen LogP contribution in [0.25, 0.3) is 0 Å². The van der Waals surface area contributed by atoms with Crippen molar-refractivity contribution in [2.75, 3.05) is 32.7 Å². The maximum absolute atomic E-state index is 13.2. The molecule has 7 nitrogen and oxygen atoms in total. The molecule has 0 saturated carbocycles. The molecule has 1 aromatic heterocycles. The van der Waals surface area contributed by atoms with Gasteiger partial charge in [0.25, 0.3) is 0 Å². The van der Waals surface area contributed by atoms with Gasteiger partial charge >= 0.3 is 0 Å². The highest BCUT2D eigenvalue weighted by molar-refractivity contribution is 7.89. The van der Waals surface area contributed by atoms with Crippen molar-refractivity contribution in [3.63, 3.8) is 0 Å². The maximum Gasteiger partial charge on any atom is 0.243 e. The number of furan rings is 1. The lowest BCUT2D eigenvalue weighted by Crippen LogP contribution is -2.46. The summed E-state index contributed by atoms with van der Waals surface area (Å²) in [6.07, 6.45) is 5.14. The second-order valence-electron chi connectivity index (χ2n) is 8.18. The number of benzene rings is 1. The van der Waals surface area contributed by atoms with Crippen LogP contribution in [0.2, 0.25) is 0 Å². The van der Waals surface area contributed by atoms with Gasteiger partial charge < -0.3 is 9.73 Å². The predicted molar refractivity (Wildman–Crippen MR) is 113 cm³/mol. The molecule has 2 fully saturated rings. The molecule has 2 atom stereocenters. The molecule has 31 heavy (non-hydrogen) atoms. The van der Waals surface area contributed by atoms with E-state index in [4.69, 9.17) is 4.42 Å². The molecule has 4 rings (SSSR count). The molecule has 0 aliphatic carbocycles. The third-order valence-electron chi connectivity index (χ3n) is 6.13. The van der Waals surface area contributed by atoms with Crippen LogP contribution in [0.5, 0.6) is 0 Å². The summed E-state index contributed by atoms with van der Waals surface area (Å²) in [6, 6.07) is 8.54. The van der Waals surface area contributed by atoms with Crippen LogP contribution in [0.15, 0.2) is 52.0 Å². The van der Waals surface area contributed by atoms with E-state index in [1.807, 2.05) is 12.1 Å². The summed E-state index contributed by atoms with van der Waals surface area (Å²) < 4.78 is 45.9. The zero-order chi connectivity index (χ0) is 21.8. The lowest BCUT2D eigenvalue weighted by atomic mass is 9.98. The van der Waals surface area contributed by atoms with Crippen molar-refractivity contribution in [2.45, 2.75) is 36.6 Å². The number of rotatable bonds is 7. The molecule has 168 valence electrons. The Balaban J connectivity index is 1.39. The number of nitrogens with zero attached hydrogens (tertiary/aromatic N) is 2. The van der Waals surface area contributed by atoms with E-state index in [1.165, 1.54) is 16.4 Å². The van der Waals surface area contributed by atoms with Crippen molar-refractivity contribution in [1.82, 2.24) is 14.5 Å². The zero-order valence-electron chi connectivity index (χ0n) is 17.4. The highest BCUT2D eigenvalue weighted by Gasteiger charge is 2.34. The van der Waals surface area contributed by atoms with Crippen molar-refractivity contribution in [3.05, 3.63) is 54.2 Å². The maximum atomic E-state index is 13.2. The summed E-state index contributed by atoms with van der Waals surface area (Å²) in [4.78, 5) is 15.3. The first-order chi connectivity index (χ1) is 14.9. The molecule has 0 spiro atoms. The van der Waals surface area contributed by atoms with Crippen LogP contribution in [0.1, 0.15) is 37.5 Å². The fraction of sp³-hybridized carbons (Fsp3) is 0.500. The molecule has 2 saturated heterocycles. The number of carbonyl (C=O) groups excluding carboxylic acids is 1. The number of piperidine rings is 1. The number of hydrogen-bond acceptors (Lipinski definition) is 5. The Bertz CT molecular complexity index is 973. The Labute approximate surface area is 182 Å². The number of hydrogen-bond donors (Lipinski definition) is 1. The van der Waals surface area contributed by atoms with Crippen LogP contribution in [0.3, 0.4) is 0 Å². The van der Waals surface area contributed by atoms with Gasteiger partial charge in [-0.05, 0) is 75.2 Å². The lowest BCUT2D eigenvalue weighted by Gasteiger charge is -2.32. The van der Waals surface area contributed by atoms with Gasteiger partial charge in [0.2, 0.25) is 15.9 Å². The van der Waals surface area contributed by atoms with E-state index in [2.05, 4.69) is 10.2 Å². The van der Waals surface area contributed by atoms with Crippen molar-refractivity contribution in [2.24, 2.45) is 5.92 Å². The highest BCUT2D eigenvalue weighted by atomic mass is 32.2. The standard InChI is InChI=1S/C22H28FN3O4S/c23-18-7-9-19(10-8-18)31(28,29)26-13-3-5-17(16-26)22(27)24-15-20(21-6-4-14-30-21)25-11-1-2-12-25/h4,6-10,14,17,20H,1-3,5,11-13,15-16H2,(H,24,27)/t17-,20+/m1/s1. The van der Waals surface area contributed by atoms with Gasteiger partial charge in [-0.2, -0.15) is 4.31 Å². The van der Waals surface area contributed by atoms with E-state index in [1.54, 1.807) is 6.26 Å². The minimum absolute atomic E-state index is 0.0240. The number of carbonyl (C=O) groups is 1. The predicted octanol–water partition coefficient (Wildman–Crippen LogP) is 2.77. The minimum atomic E-state index is -3.76. The highest BCUT2D eigenvalue weighted by Crippen LogP contribution is 2.27. The van der Waals surface area contributed by atoms with Crippen LogP contribution < -0.4 is 5.32 Å². The monoisotopic (exact) mass is 449 g/mol. The Morgan fingerprint density at radius 2 is 1.87 bits per heavy atom. The number of halogens is 1. The van der Waals surface area contributed by atoms with Gasteiger partial charge in [0.15, 0.2) is 0 Å². The zero-order valence-corrected chi connectivity index (χ0v) is 18.2. The van der Waals surface area contributed by atoms with Crippen LogP contribution in [-0.2, 0) is 14.8 Å². The second-order valence-corrected chi connectivity index (χ2v) is 10.1. The quantitative estimate of drug-likeness (QED) is 0.703. The van der Waals surface area contributed by atoms with Gasteiger partial charge in [0.05, 0.1) is 23.1 Å². The molecular formula is C22H28FN3O4S. The SMILES string of the molecule is O=C(NC[C@@H](c1ccco1)N1CCCC1)[C@@H]1CCCN(S(=O)(=O)c2ccc(F)cc2)C1. The summed E-state index contributed by atoms with van der Waals surface area (Å²) in [7, 11) is -3.76. The van der Waals surface area contributed by atoms with Crippen molar-refractivity contribution in [3.8, 4) is 0 Å². The summed E-state index contributed by atoms with van der Waals surface area (Å²) >= 11 is 0. The van der Waals surface area contributed by atoms with Gasteiger partial charge in [0.1, 0.15) is 11.6 Å². The van der Waals surface area contributed by atoms with E-state index < -0.39 is 21.8 Å². The molecule has 0 radical (unpaired) electrons. The van der Waals surface area contributed by atoms with Gasteiger partial charge in [-0.15, -0.1) is 0 Å². The van der Waals surface area contributed by atoms with Gasteiger partial charge in [-0.3, -0.25) is 9.69 Å². The van der Waals surface area contributed by atoms with Crippen LogP contribution in [0, 0.1) is 11.7 Å². The second kappa shape index (κ2) is 9.50. The Morgan fingerprint density at radius 3 is 2.55 bits per heavy atom. The number of likely N-dealkylation sites (tertiary alicyclic amines) is 1. The van der Waals surface area contributed by atoms with E-state index in [9.17, 15) is 17.6 Å². The largest absolute Gasteiger partial charge is 0.468 e. The number of nitrogens with one attached hydrogen (secondary N) is 1. The first-order valence-corrected chi connectivity index (χ1v) is 12.2. The van der Waals surface area contributed by atoms with E-state index in [0.717, 1.165) is 43.8 Å². The van der Waals surface area contributed by atoms with Crippen LogP contribution in [0.4, 0.5) is 4.39 Å². The molecule has 3 heterocycles. The lowest BCUT2D eigenvalue weighted by molar-refractivity contribution is -0.126. The van der Waals surface area contributed by atoms with Crippen LogP contribution in [-0.4, -0.2) is 56.3 Å². The molecule has 0 bridgehead atoms. The molecule has 9 heteroatoms. The summed E-state index contributed by atoms with van der Waals surface area (Å²) in [6.45, 7) is 2.84. The smallest absolute Gasteiger partial charge is 0.243 e. The number of amides is 1. The van der Waals surface area contributed by atoms with Crippen LogP contribution >= 0.6 is 0 Å². The van der Waals surface area contributed by atoms with Gasteiger partial charge in [-0.25, -0.2) is 12.8 Å². The normalized spacial score (nSPS) is 21.8. The minimum Gasteiger partial charge on any atom is -0.468 e. The van der Waals surface area contributed by atoms with Crippen molar-refractivity contribution >= 4 is 15.9 Å². The molecule has 0 unspecified atom stereocenters. The Kier molecular flexibility index (Phi) is 6.74. The van der Waals surface area contributed by atoms with E-state index in [-0.39, 0.29) is 23.4 Å². The summed E-state index contributed by atoms with van der Waals surface area (Å²) in [5.41, 5.74) is 0. The molecule has 1 aromatic carbocycles. The Hall–Kier alpha value is -2.23. The number of sulfonamides is 1. The fourth-order valence-electron chi connectivity index (χ4n) is 4.42. The summed E-state index contributed by atoms with van der Waals surface area (Å²) in [5.74, 6) is -0.222. The molecule has 2 aliphatic heterocycles. The first-order valence-electron chi connectivity index (χ1n) is 10.8. The molecule has 1 N–H and O–H groups in total. The summed E-state index contributed by atoms with van der Waals surface area (Å²) in [5, 5.41) is 3.03. The van der Waals surface area contributed by atoms with E-state index in [0.29, 0.717) is 25.9 Å². The molecule has 1 amide bonds. The fourth-order valence-corrected chi connectivity index (χ4v) is 5.94.